The number of carboxylic acid groups (broad SMARTS) is 1. The summed E-state index contributed by atoms with van der Waals surface area (Å²) in [6.07, 6.45) is 4.85. The highest BCUT2D eigenvalue weighted by molar-refractivity contribution is 5.95. The zero-order chi connectivity index (χ0) is 21.7. The van der Waals surface area contributed by atoms with Crippen LogP contribution in [0.1, 0.15) is 55.2 Å². The van der Waals surface area contributed by atoms with E-state index in [0.29, 0.717) is 18.0 Å². The van der Waals surface area contributed by atoms with Crippen LogP contribution in [-0.2, 0) is 19.5 Å². The molecule has 0 aliphatic heterocycles. The lowest BCUT2D eigenvalue weighted by Crippen LogP contribution is -2.25. The van der Waals surface area contributed by atoms with E-state index in [-0.39, 0.29) is 11.3 Å². The van der Waals surface area contributed by atoms with Crippen LogP contribution < -0.4 is 5.69 Å². The molecule has 3 aromatic rings. The maximum absolute atomic E-state index is 12.9. The Hall–Kier alpha value is -3.08. The van der Waals surface area contributed by atoms with E-state index in [4.69, 9.17) is 0 Å². The third kappa shape index (κ3) is 4.90. The van der Waals surface area contributed by atoms with Crippen molar-refractivity contribution in [3.8, 4) is 11.1 Å². The van der Waals surface area contributed by atoms with E-state index in [0.717, 1.165) is 42.6 Å². The van der Waals surface area contributed by atoms with E-state index in [9.17, 15) is 14.7 Å². The summed E-state index contributed by atoms with van der Waals surface area (Å²) in [6.45, 7) is 7.71. The summed E-state index contributed by atoms with van der Waals surface area (Å²) < 4.78 is 3.69. The van der Waals surface area contributed by atoms with Crippen molar-refractivity contribution < 1.29 is 9.90 Å². The third-order valence-corrected chi connectivity index (χ3v) is 5.33. The summed E-state index contributed by atoms with van der Waals surface area (Å²) in [4.78, 5) is 24.4. The molecule has 1 aromatic heterocycles. The van der Waals surface area contributed by atoms with Crippen molar-refractivity contribution in [2.24, 2.45) is 5.92 Å². The van der Waals surface area contributed by atoms with Gasteiger partial charge in [-0.25, -0.2) is 9.59 Å². The maximum Gasteiger partial charge on any atom is 0.336 e. The molecule has 5 nitrogen and oxygen atoms in total. The van der Waals surface area contributed by atoms with Gasteiger partial charge < -0.3 is 5.11 Å². The van der Waals surface area contributed by atoms with Gasteiger partial charge in [0.1, 0.15) is 0 Å². The standard InChI is InChI=1S/C25H30N2O3/c1-4-15-26-17-21(14-9-18(2)3)27(25(26)30)16-19-10-12-20(13-11-19)22-7-5-6-8-23(22)24(28)29/h5-8,10-13,17-18H,4,9,14-16H2,1-3H3,(H,28,29). The van der Waals surface area contributed by atoms with Crippen LogP contribution >= 0.6 is 0 Å². The van der Waals surface area contributed by atoms with Gasteiger partial charge in [-0.15, -0.1) is 0 Å². The number of rotatable bonds is 9. The second kappa shape index (κ2) is 9.61. The van der Waals surface area contributed by atoms with Crippen molar-refractivity contribution in [2.75, 3.05) is 0 Å². The molecule has 0 unspecified atom stereocenters. The van der Waals surface area contributed by atoms with Gasteiger partial charge in [0.25, 0.3) is 0 Å². The fourth-order valence-corrected chi connectivity index (χ4v) is 3.68. The molecular formula is C25H30N2O3. The number of aromatic carboxylic acids is 1. The Morgan fingerprint density at radius 2 is 1.77 bits per heavy atom. The van der Waals surface area contributed by atoms with Crippen LogP contribution in [0.15, 0.2) is 59.5 Å². The molecule has 158 valence electrons. The van der Waals surface area contributed by atoms with Crippen molar-refractivity contribution in [2.45, 2.75) is 53.1 Å². The number of aryl methyl sites for hydroxylation is 2. The number of hydrogen-bond donors (Lipinski definition) is 1. The molecule has 0 aliphatic rings. The topological polar surface area (TPSA) is 64.2 Å². The zero-order valence-corrected chi connectivity index (χ0v) is 18.0. The molecule has 0 saturated heterocycles. The maximum atomic E-state index is 12.9. The van der Waals surface area contributed by atoms with E-state index in [1.165, 1.54) is 0 Å². The molecule has 1 N–H and O–H groups in total. The quantitative estimate of drug-likeness (QED) is 0.540. The lowest BCUT2D eigenvalue weighted by Gasteiger charge is -2.10. The van der Waals surface area contributed by atoms with Crippen LogP contribution in [0.2, 0.25) is 0 Å². The fourth-order valence-electron chi connectivity index (χ4n) is 3.68. The molecule has 5 heteroatoms. The Morgan fingerprint density at radius 1 is 1.07 bits per heavy atom. The molecule has 0 amide bonds. The molecule has 0 bridgehead atoms. The predicted octanol–water partition coefficient (Wildman–Crippen LogP) is 5.06. The highest BCUT2D eigenvalue weighted by atomic mass is 16.4. The lowest BCUT2D eigenvalue weighted by molar-refractivity contribution is 0.0697. The summed E-state index contributed by atoms with van der Waals surface area (Å²) in [5, 5.41) is 9.43. The first kappa shape index (κ1) is 21.6. The van der Waals surface area contributed by atoms with Crippen LogP contribution in [0.3, 0.4) is 0 Å². The van der Waals surface area contributed by atoms with E-state index in [1.54, 1.807) is 12.1 Å². The van der Waals surface area contributed by atoms with Crippen LogP contribution in [0.4, 0.5) is 0 Å². The first-order valence-corrected chi connectivity index (χ1v) is 10.6. The van der Waals surface area contributed by atoms with Crippen molar-refractivity contribution in [1.29, 1.82) is 0 Å². The van der Waals surface area contributed by atoms with Gasteiger partial charge >= 0.3 is 11.7 Å². The Bertz CT molecular complexity index is 1060. The minimum Gasteiger partial charge on any atom is -0.478 e. The van der Waals surface area contributed by atoms with Gasteiger partial charge in [-0.05, 0) is 47.9 Å². The summed E-state index contributed by atoms with van der Waals surface area (Å²) in [5.74, 6) is -0.357. The van der Waals surface area contributed by atoms with Crippen LogP contribution in [-0.4, -0.2) is 20.2 Å². The van der Waals surface area contributed by atoms with Crippen molar-refractivity contribution in [3.05, 3.63) is 82.0 Å². The second-order valence-corrected chi connectivity index (χ2v) is 8.16. The normalized spacial score (nSPS) is 11.2. The molecular weight excluding hydrogens is 376 g/mol. The average Bonchev–Trinajstić information content (AvgIpc) is 3.02. The molecule has 3 rings (SSSR count). The number of imidazole rings is 1. The van der Waals surface area contributed by atoms with Crippen LogP contribution in [0.25, 0.3) is 11.1 Å². The van der Waals surface area contributed by atoms with Crippen molar-refractivity contribution in [3.63, 3.8) is 0 Å². The molecule has 0 fully saturated rings. The van der Waals surface area contributed by atoms with Crippen LogP contribution in [0, 0.1) is 5.92 Å². The van der Waals surface area contributed by atoms with E-state index in [1.807, 2.05) is 51.7 Å². The Labute approximate surface area is 177 Å². The Balaban J connectivity index is 1.88. The SMILES string of the molecule is CCCn1cc(CCC(C)C)n(Cc2ccc(-c3ccccc3C(=O)O)cc2)c1=O. The molecule has 0 saturated carbocycles. The van der Waals surface area contributed by atoms with Gasteiger partial charge in [-0.1, -0.05) is 63.2 Å². The molecule has 0 radical (unpaired) electrons. The van der Waals surface area contributed by atoms with E-state index >= 15 is 0 Å². The Morgan fingerprint density at radius 3 is 2.40 bits per heavy atom. The zero-order valence-electron chi connectivity index (χ0n) is 18.0. The molecule has 0 spiro atoms. The Kier molecular flexibility index (Phi) is 6.93. The molecule has 0 aliphatic carbocycles. The largest absolute Gasteiger partial charge is 0.478 e. The molecule has 1 heterocycles. The second-order valence-electron chi connectivity index (χ2n) is 8.16. The predicted molar refractivity (Wildman–Crippen MR) is 120 cm³/mol. The highest BCUT2D eigenvalue weighted by Gasteiger charge is 2.13. The van der Waals surface area contributed by atoms with Gasteiger partial charge in [-0.2, -0.15) is 0 Å². The minimum absolute atomic E-state index is 0.0379. The highest BCUT2D eigenvalue weighted by Crippen LogP contribution is 2.24. The van der Waals surface area contributed by atoms with Gasteiger partial charge in [-0.3, -0.25) is 9.13 Å². The summed E-state index contributed by atoms with van der Waals surface area (Å²) in [7, 11) is 0. The van der Waals surface area contributed by atoms with Gasteiger partial charge in [0.15, 0.2) is 0 Å². The van der Waals surface area contributed by atoms with Gasteiger partial charge in [0, 0.05) is 18.4 Å². The fraction of sp³-hybridized carbons (Fsp3) is 0.360. The summed E-state index contributed by atoms with van der Waals surface area (Å²) >= 11 is 0. The smallest absolute Gasteiger partial charge is 0.336 e. The first-order valence-electron chi connectivity index (χ1n) is 10.6. The number of hydrogen-bond acceptors (Lipinski definition) is 2. The number of carboxylic acids is 1. The number of aromatic nitrogens is 2. The summed E-state index contributed by atoms with van der Waals surface area (Å²) in [6, 6.07) is 14.8. The van der Waals surface area contributed by atoms with Crippen molar-refractivity contribution >= 4 is 5.97 Å². The number of nitrogens with zero attached hydrogens (tertiary/aromatic N) is 2. The van der Waals surface area contributed by atoms with Crippen LogP contribution in [0.5, 0.6) is 0 Å². The lowest BCUT2D eigenvalue weighted by atomic mass is 9.98. The molecule has 0 atom stereocenters. The monoisotopic (exact) mass is 406 g/mol. The van der Waals surface area contributed by atoms with E-state index < -0.39 is 5.97 Å². The van der Waals surface area contributed by atoms with Gasteiger partial charge in [0.2, 0.25) is 0 Å². The van der Waals surface area contributed by atoms with Gasteiger partial charge in [0.05, 0.1) is 12.1 Å². The molecule has 30 heavy (non-hydrogen) atoms. The number of carbonyl (C=O) groups is 1. The average molecular weight is 407 g/mol. The minimum atomic E-state index is -0.937. The molecule has 2 aromatic carbocycles. The first-order chi connectivity index (χ1) is 14.4. The van der Waals surface area contributed by atoms with Crippen molar-refractivity contribution in [1.82, 2.24) is 9.13 Å². The third-order valence-electron chi connectivity index (χ3n) is 5.33. The van der Waals surface area contributed by atoms with E-state index in [2.05, 4.69) is 20.8 Å². The summed E-state index contributed by atoms with van der Waals surface area (Å²) in [5.41, 5.74) is 3.97. The number of benzene rings is 2.